The maximum Gasteiger partial charge on any atom is 0.338 e. The third kappa shape index (κ3) is 4.82. The van der Waals surface area contributed by atoms with Crippen molar-refractivity contribution in [3.8, 4) is 11.5 Å². The van der Waals surface area contributed by atoms with Crippen molar-refractivity contribution in [2.75, 3.05) is 27.3 Å². The second-order valence-corrected chi connectivity index (χ2v) is 7.82. The third-order valence-corrected chi connectivity index (χ3v) is 6.32. The minimum atomic E-state index is -3.56. The molecule has 2 aromatic rings. The number of sulfonamides is 1. The van der Waals surface area contributed by atoms with Gasteiger partial charge >= 0.3 is 5.97 Å². The molecule has 7 nitrogen and oxygen atoms in total. The molecular formula is C20H25NO6S. The first-order chi connectivity index (χ1) is 13.4. The van der Waals surface area contributed by atoms with Crippen LogP contribution in [0, 0.1) is 0 Å². The van der Waals surface area contributed by atoms with Gasteiger partial charge in [-0.25, -0.2) is 13.2 Å². The average Bonchev–Trinajstić information content (AvgIpc) is 2.72. The van der Waals surface area contributed by atoms with Gasteiger partial charge in [0.05, 0.1) is 24.7 Å². The highest BCUT2D eigenvalue weighted by Crippen LogP contribution is 2.28. The lowest BCUT2D eigenvalue weighted by Gasteiger charge is -2.18. The van der Waals surface area contributed by atoms with Crippen LogP contribution in [0.1, 0.15) is 29.8 Å². The molecule has 0 aliphatic rings. The Morgan fingerprint density at radius 3 is 2.07 bits per heavy atom. The number of ether oxygens (including phenoxy) is 3. The second kappa shape index (κ2) is 9.57. The molecule has 0 N–H and O–H groups in total. The van der Waals surface area contributed by atoms with Gasteiger partial charge in [-0.1, -0.05) is 19.9 Å². The monoisotopic (exact) mass is 407 g/mol. The largest absolute Gasteiger partial charge is 0.493 e. The number of nitrogens with zero attached hydrogens (tertiary/aromatic N) is 1. The van der Waals surface area contributed by atoms with Crippen molar-refractivity contribution in [3.05, 3.63) is 53.6 Å². The molecule has 28 heavy (non-hydrogen) atoms. The lowest BCUT2D eigenvalue weighted by molar-refractivity contribution is 0.0472. The molecule has 0 aliphatic carbocycles. The van der Waals surface area contributed by atoms with Crippen LogP contribution in [0.5, 0.6) is 11.5 Å². The molecule has 0 fully saturated rings. The minimum absolute atomic E-state index is 0.0543. The van der Waals surface area contributed by atoms with Crippen LogP contribution in [-0.4, -0.2) is 46.0 Å². The molecule has 0 spiro atoms. The SMILES string of the molecule is CCN(CC)S(=O)(=O)c1ccc(C(=O)OCc2ccc(OC)c(OC)c2)cc1. The Morgan fingerprint density at radius 2 is 1.54 bits per heavy atom. The molecule has 0 heterocycles. The van der Waals surface area contributed by atoms with Crippen molar-refractivity contribution in [1.82, 2.24) is 4.31 Å². The average molecular weight is 407 g/mol. The number of rotatable bonds is 9. The molecule has 0 aliphatic heterocycles. The summed E-state index contributed by atoms with van der Waals surface area (Å²) >= 11 is 0. The first-order valence-electron chi connectivity index (χ1n) is 8.85. The zero-order valence-electron chi connectivity index (χ0n) is 16.5. The fraction of sp³-hybridized carbons (Fsp3) is 0.350. The summed E-state index contributed by atoms with van der Waals surface area (Å²) in [5.74, 6) is 0.589. The van der Waals surface area contributed by atoms with Crippen LogP contribution >= 0.6 is 0 Å². The van der Waals surface area contributed by atoms with E-state index in [9.17, 15) is 13.2 Å². The van der Waals surface area contributed by atoms with Crippen LogP contribution < -0.4 is 9.47 Å². The molecule has 0 aromatic heterocycles. The number of carbonyl (C=O) groups is 1. The predicted octanol–water partition coefficient (Wildman–Crippen LogP) is 3.09. The van der Waals surface area contributed by atoms with Gasteiger partial charge in [-0.15, -0.1) is 0 Å². The summed E-state index contributed by atoms with van der Waals surface area (Å²) in [6.07, 6.45) is 0. The van der Waals surface area contributed by atoms with Gasteiger partial charge in [0.1, 0.15) is 6.61 Å². The van der Waals surface area contributed by atoms with Crippen LogP contribution in [0.4, 0.5) is 0 Å². The number of hydrogen-bond donors (Lipinski definition) is 0. The van der Waals surface area contributed by atoms with Crippen LogP contribution in [0.2, 0.25) is 0 Å². The normalized spacial score (nSPS) is 11.3. The van der Waals surface area contributed by atoms with Crippen LogP contribution in [0.3, 0.4) is 0 Å². The summed E-state index contributed by atoms with van der Waals surface area (Å²) < 4.78 is 42.0. The molecule has 152 valence electrons. The van der Waals surface area contributed by atoms with E-state index in [2.05, 4.69) is 0 Å². The van der Waals surface area contributed by atoms with Crippen molar-refractivity contribution < 1.29 is 27.4 Å². The van der Waals surface area contributed by atoms with E-state index in [0.717, 1.165) is 5.56 Å². The molecule has 0 saturated carbocycles. The Kier molecular flexibility index (Phi) is 7.42. The fourth-order valence-corrected chi connectivity index (χ4v) is 4.14. The van der Waals surface area contributed by atoms with E-state index in [1.54, 1.807) is 39.2 Å². The summed E-state index contributed by atoms with van der Waals surface area (Å²) in [5.41, 5.74) is 1.02. The zero-order valence-corrected chi connectivity index (χ0v) is 17.3. The maximum atomic E-state index is 12.5. The molecule has 0 bridgehead atoms. The van der Waals surface area contributed by atoms with Gasteiger partial charge in [0.2, 0.25) is 10.0 Å². The predicted molar refractivity (Wildman–Crippen MR) is 105 cm³/mol. The number of esters is 1. The van der Waals surface area contributed by atoms with Gasteiger partial charge < -0.3 is 14.2 Å². The summed E-state index contributed by atoms with van der Waals surface area (Å²) in [6.45, 7) is 4.38. The van der Waals surface area contributed by atoms with E-state index in [1.807, 2.05) is 0 Å². The molecule has 0 radical (unpaired) electrons. The van der Waals surface area contributed by atoms with Crippen molar-refractivity contribution in [2.24, 2.45) is 0 Å². The molecule has 2 aromatic carbocycles. The first kappa shape index (κ1) is 21.7. The van der Waals surface area contributed by atoms with Gasteiger partial charge in [0.25, 0.3) is 0 Å². The Hall–Kier alpha value is -2.58. The smallest absolute Gasteiger partial charge is 0.338 e. The van der Waals surface area contributed by atoms with E-state index in [-0.39, 0.29) is 17.1 Å². The topological polar surface area (TPSA) is 82.1 Å². The third-order valence-electron chi connectivity index (χ3n) is 4.25. The van der Waals surface area contributed by atoms with Crippen LogP contribution in [0.15, 0.2) is 47.4 Å². The van der Waals surface area contributed by atoms with Crippen molar-refractivity contribution >= 4 is 16.0 Å². The zero-order chi connectivity index (χ0) is 20.7. The minimum Gasteiger partial charge on any atom is -0.493 e. The number of hydrogen-bond acceptors (Lipinski definition) is 6. The van der Waals surface area contributed by atoms with Crippen molar-refractivity contribution in [2.45, 2.75) is 25.3 Å². The summed E-state index contributed by atoms with van der Waals surface area (Å²) in [4.78, 5) is 12.4. The lowest BCUT2D eigenvalue weighted by atomic mass is 10.2. The summed E-state index contributed by atoms with van der Waals surface area (Å²) in [5, 5.41) is 0. The Labute approximate surface area is 165 Å². The first-order valence-corrected chi connectivity index (χ1v) is 10.3. The van der Waals surface area contributed by atoms with Crippen molar-refractivity contribution in [3.63, 3.8) is 0 Å². The van der Waals surface area contributed by atoms with Gasteiger partial charge in [0.15, 0.2) is 11.5 Å². The molecule has 8 heteroatoms. The van der Waals surface area contributed by atoms with Gasteiger partial charge in [-0.3, -0.25) is 0 Å². The molecule has 0 atom stereocenters. The summed E-state index contributed by atoms with van der Waals surface area (Å²) in [7, 11) is -0.485. The lowest BCUT2D eigenvalue weighted by Crippen LogP contribution is -2.30. The van der Waals surface area contributed by atoms with E-state index >= 15 is 0 Å². The van der Waals surface area contributed by atoms with Gasteiger partial charge in [0, 0.05) is 13.1 Å². The molecule has 0 saturated heterocycles. The van der Waals surface area contributed by atoms with E-state index in [1.165, 1.54) is 35.7 Å². The van der Waals surface area contributed by atoms with Crippen LogP contribution in [0.25, 0.3) is 0 Å². The number of carbonyl (C=O) groups excluding carboxylic acids is 1. The van der Waals surface area contributed by atoms with E-state index in [0.29, 0.717) is 24.6 Å². The Morgan fingerprint density at radius 1 is 0.929 bits per heavy atom. The van der Waals surface area contributed by atoms with Crippen LogP contribution in [-0.2, 0) is 21.4 Å². The van der Waals surface area contributed by atoms with E-state index in [4.69, 9.17) is 14.2 Å². The fourth-order valence-electron chi connectivity index (χ4n) is 2.68. The molecular weight excluding hydrogens is 382 g/mol. The Balaban J connectivity index is 2.08. The van der Waals surface area contributed by atoms with Crippen molar-refractivity contribution in [1.29, 1.82) is 0 Å². The highest BCUT2D eigenvalue weighted by molar-refractivity contribution is 7.89. The highest BCUT2D eigenvalue weighted by atomic mass is 32.2. The maximum absolute atomic E-state index is 12.5. The van der Waals surface area contributed by atoms with Gasteiger partial charge in [-0.2, -0.15) is 4.31 Å². The molecule has 0 unspecified atom stereocenters. The highest BCUT2D eigenvalue weighted by Gasteiger charge is 2.21. The second-order valence-electron chi connectivity index (χ2n) is 5.88. The number of benzene rings is 2. The Bertz CT molecular complexity index is 905. The summed E-state index contributed by atoms with van der Waals surface area (Å²) in [6, 6.07) is 11.0. The van der Waals surface area contributed by atoms with Gasteiger partial charge in [-0.05, 0) is 42.0 Å². The quantitative estimate of drug-likeness (QED) is 0.594. The molecule has 0 amide bonds. The standard InChI is InChI=1S/C20H25NO6S/c1-5-21(6-2)28(23,24)17-10-8-16(9-11-17)20(22)27-14-15-7-12-18(25-3)19(13-15)26-4/h7-13H,5-6,14H2,1-4H3. The molecule has 2 rings (SSSR count). The number of methoxy groups -OCH3 is 2. The van der Waals surface area contributed by atoms with E-state index < -0.39 is 16.0 Å².